The summed E-state index contributed by atoms with van der Waals surface area (Å²) in [6.07, 6.45) is 3.52. The van der Waals surface area contributed by atoms with Crippen LogP contribution in [0.15, 0.2) is 0 Å². The summed E-state index contributed by atoms with van der Waals surface area (Å²) in [6, 6.07) is 0. The van der Waals surface area contributed by atoms with Gasteiger partial charge < -0.3 is 0 Å². The summed E-state index contributed by atoms with van der Waals surface area (Å²) in [7, 11) is 4.07. The van der Waals surface area contributed by atoms with Crippen molar-refractivity contribution in [1.29, 1.82) is 0 Å². The van der Waals surface area contributed by atoms with Gasteiger partial charge in [-0.2, -0.15) is 15.6 Å². The molecule has 2 N–H and O–H groups in total. The summed E-state index contributed by atoms with van der Waals surface area (Å²) in [5.41, 5.74) is 7.13. The second kappa shape index (κ2) is 5.69. The first-order chi connectivity index (χ1) is 6.55. The van der Waals surface area contributed by atoms with E-state index in [-0.39, 0.29) is 5.54 Å². The zero-order valence-corrected chi connectivity index (χ0v) is 10.8. The van der Waals surface area contributed by atoms with Crippen LogP contribution in [0.2, 0.25) is 0 Å². The van der Waals surface area contributed by atoms with E-state index < -0.39 is 0 Å². The van der Waals surface area contributed by atoms with Crippen LogP contribution in [0.3, 0.4) is 0 Å². The van der Waals surface area contributed by atoms with Gasteiger partial charge in [0.25, 0.3) is 0 Å². The zero-order valence-electron chi connectivity index (χ0n) is 10.8. The van der Waals surface area contributed by atoms with Crippen LogP contribution in [0.5, 0.6) is 0 Å². The van der Waals surface area contributed by atoms with E-state index >= 15 is 0 Å². The first kappa shape index (κ1) is 13.9. The molecule has 0 aliphatic carbocycles. The van der Waals surface area contributed by atoms with E-state index in [1.54, 1.807) is 0 Å². The highest BCUT2D eigenvalue weighted by Gasteiger charge is 2.43. The van der Waals surface area contributed by atoms with Crippen LogP contribution in [-0.4, -0.2) is 30.9 Å². The molecule has 0 aliphatic rings. The van der Waals surface area contributed by atoms with E-state index in [0.717, 1.165) is 11.2 Å². The Kier molecular flexibility index (Phi) is 5.64. The van der Waals surface area contributed by atoms with Crippen molar-refractivity contribution in [3.63, 3.8) is 0 Å². The van der Waals surface area contributed by atoms with Gasteiger partial charge in [-0.1, -0.05) is 20.8 Å². The lowest BCUT2D eigenvalue weighted by Gasteiger charge is -2.48. The second-order valence-electron chi connectivity index (χ2n) is 4.18. The molecule has 0 saturated heterocycles. The molecule has 0 amide bonds. The van der Waals surface area contributed by atoms with E-state index in [0.29, 0.717) is 0 Å². The maximum Gasteiger partial charge on any atom is 0.131 e. The molecule has 0 heterocycles. The van der Waals surface area contributed by atoms with Crippen molar-refractivity contribution in [1.82, 2.24) is 10.9 Å². The molecule has 0 bridgehead atoms. The molecule has 0 aromatic heterocycles. The summed E-state index contributed by atoms with van der Waals surface area (Å²) in [5.74, 6) is 0. The maximum atomic E-state index is 3.44. The Morgan fingerprint density at radius 3 is 1.64 bits per heavy atom. The molecular weight excluding hydrogens is 174 g/mol. The minimum absolute atomic E-state index is 0.263. The second-order valence-corrected chi connectivity index (χ2v) is 4.18. The topological polar surface area (TPSA) is 24.1 Å². The van der Waals surface area contributed by atoms with E-state index in [9.17, 15) is 0 Å². The van der Waals surface area contributed by atoms with Crippen molar-refractivity contribution in [3.05, 3.63) is 0 Å². The van der Waals surface area contributed by atoms with Crippen LogP contribution in [0.1, 0.15) is 47.0 Å². The quantitative estimate of drug-likeness (QED) is 0.488. The Labute approximate surface area is 89.4 Å². The fraction of sp³-hybridized carbons (Fsp3) is 1.00. The van der Waals surface area contributed by atoms with E-state index in [4.69, 9.17) is 0 Å². The highest BCUT2D eigenvalue weighted by molar-refractivity contribution is 4.71. The molecule has 3 heteroatoms. The van der Waals surface area contributed by atoms with Gasteiger partial charge in [0.15, 0.2) is 0 Å². The molecule has 0 radical (unpaired) electrons. The number of hydrogen-bond donors (Lipinski definition) is 2. The number of quaternary nitrogens is 1. The lowest BCUT2D eigenvalue weighted by molar-refractivity contribution is -1.05. The van der Waals surface area contributed by atoms with Gasteiger partial charge >= 0.3 is 0 Å². The van der Waals surface area contributed by atoms with Crippen molar-refractivity contribution >= 4 is 0 Å². The predicted molar refractivity (Wildman–Crippen MR) is 62.5 cm³/mol. The highest BCUT2D eigenvalue weighted by Crippen LogP contribution is 2.27. The summed E-state index contributed by atoms with van der Waals surface area (Å²) in [5, 5.41) is 0. The molecule has 0 rings (SSSR count). The van der Waals surface area contributed by atoms with Crippen LogP contribution >= 0.6 is 0 Å². The molecule has 0 atom stereocenters. The van der Waals surface area contributed by atoms with Crippen molar-refractivity contribution in [2.45, 2.75) is 52.5 Å². The van der Waals surface area contributed by atoms with Gasteiger partial charge in [-0.15, -0.1) is 0 Å². The Morgan fingerprint density at radius 2 is 1.43 bits per heavy atom. The van der Waals surface area contributed by atoms with Gasteiger partial charge in [0.2, 0.25) is 0 Å². The van der Waals surface area contributed by atoms with Crippen LogP contribution in [0.25, 0.3) is 0 Å². The summed E-state index contributed by atoms with van der Waals surface area (Å²) < 4.78 is 0.802. The maximum absolute atomic E-state index is 3.44. The Morgan fingerprint density at radius 1 is 1.00 bits per heavy atom. The minimum atomic E-state index is 0.263. The summed E-state index contributed by atoms with van der Waals surface area (Å²) >= 11 is 0. The molecule has 14 heavy (non-hydrogen) atoms. The largest absolute Gasteiger partial charge is 0.167 e. The lowest BCUT2D eigenvalue weighted by atomic mass is 9.93. The van der Waals surface area contributed by atoms with Gasteiger partial charge in [-0.3, -0.25) is 0 Å². The highest BCUT2D eigenvalue weighted by atomic mass is 15.9. The fourth-order valence-corrected chi connectivity index (χ4v) is 2.27. The summed E-state index contributed by atoms with van der Waals surface area (Å²) in [4.78, 5) is 0. The first-order valence-electron chi connectivity index (χ1n) is 5.82. The molecule has 0 spiro atoms. The number of nitrogens with one attached hydrogen (secondary N) is 2. The van der Waals surface area contributed by atoms with Crippen LogP contribution < -0.4 is 10.9 Å². The van der Waals surface area contributed by atoms with Crippen LogP contribution in [0, 0.1) is 0 Å². The minimum Gasteiger partial charge on any atom is -0.167 e. The molecule has 86 valence electrons. The van der Waals surface area contributed by atoms with Gasteiger partial charge in [-0.25, -0.2) is 0 Å². The Bertz CT molecular complexity index is 149. The SMILES string of the molecule is CCC[N+](NC)(NC)C(C)(CC)CC. The molecular formula is C11H28N3+. The van der Waals surface area contributed by atoms with Crippen molar-refractivity contribution < 1.29 is 4.70 Å². The Hall–Kier alpha value is -0.120. The predicted octanol–water partition coefficient (Wildman–Crippen LogP) is 2.06. The van der Waals surface area contributed by atoms with Gasteiger partial charge in [0.1, 0.15) is 12.1 Å². The van der Waals surface area contributed by atoms with Crippen molar-refractivity contribution in [2.75, 3.05) is 20.6 Å². The molecule has 0 aromatic rings. The third kappa shape index (κ3) is 2.27. The zero-order chi connectivity index (χ0) is 11.2. The van der Waals surface area contributed by atoms with Crippen LogP contribution in [-0.2, 0) is 0 Å². The third-order valence-electron chi connectivity index (χ3n) is 3.77. The molecule has 0 unspecified atom stereocenters. The average molecular weight is 202 g/mol. The smallest absolute Gasteiger partial charge is 0.131 e. The average Bonchev–Trinajstić information content (AvgIpc) is 2.24. The van der Waals surface area contributed by atoms with Crippen LogP contribution in [0.4, 0.5) is 0 Å². The van der Waals surface area contributed by atoms with E-state index in [2.05, 4.69) is 38.5 Å². The van der Waals surface area contributed by atoms with Gasteiger partial charge in [-0.05, 0) is 13.3 Å². The molecule has 0 fully saturated rings. The van der Waals surface area contributed by atoms with Gasteiger partial charge in [0, 0.05) is 26.9 Å². The van der Waals surface area contributed by atoms with Crippen molar-refractivity contribution in [3.8, 4) is 0 Å². The third-order valence-corrected chi connectivity index (χ3v) is 3.77. The molecule has 0 saturated carbocycles. The normalized spacial score (nSPS) is 13.3. The van der Waals surface area contributed by atoms with E-state index in [1.807, 2.05) is 14.1 Å². The van der Waals surface area contributed by atoms with Gasteiger partial charge in [0.05, 0.1) is 0 Å². The fourth-order valence-electron chi connectivity index (χ4n) is 2.27. The number of hydrogen-bond acceptors (Lipinski definition) is 2. The molecule has 3 nitrogen and oxygen atoms in total. The molecule has 0 aromatic carbocycles. The first-order valence-corrected chi connectivity index (χ1v) is 5.82. The van der Waals surface area contributed by atoms with Crippen molar-refractivity contribution in [2.24, 2.45) is 0 Å². The summed E-state index contributed by atoms with van der Waals surface area (Å²) in [6.45, 7) is 10.2. The monoisotopic (exact) mass is 202 g/mol. The number of nitrogens with zero attached hydrogens (tertiary/aromatic N) is 1. The number of rotatable bonds is 7. The Balaban J connectivity index is 4.92. The lowest BCUT2D eigenvalue weighted by Crippen LogP contribution is -2.74. The molecule has 0 aliphatic heterocycles. The standard InChI is InChI=1S/C11H28N3/c1-7-10-14(12-5,13-6)11(4,8-2)9-3/h12-13H,7-10H2,1-6H3/q+1. The van der Waals surface area contributed by atoms with E-state index in [1.165, 1.54) is 19.3 Å².